The van der Waals surface area contributed by atoms with Gasteiger partial charge in [0, 0.05) is 37.9 Å². The van der Waals surface area contributed by atoms with Gasteiger partial charge in [0.1, 0.15) is 0 Å². The topological polar surface area (TPSA) is 64.5 Å². The van der Waals surface area contributed by atoms with Crippen LogP contribution in [-0.2, 0) is 0 Å². The van der Waals surface area contributed by atoms with E-state index in [0.717, 1.165) is 60.2 Å². The Kier molecular flexibility index (Phi) is 8.28. The van der Waals surface area contributed by atoms with Crippen LogP contribution in [0.3, 0.4) is 0 Å². The van der Waals surface area contributed by atoms with E-state index in [4.69, 9.17) is 24.9 Å². The molecule has 0 radical (unpaired) electrons. The molecule has 258 valence electrons. The van der Waals surface area contributed by atoms with Crippen LogP contribution in [0.2, 0.25) is 0 Å². The summed E-state index contributed by atoms with van der Waals surface area (Å²) in [5.74, 6) is 2.53. The van der Waals surface area contributed by atoms with E-state index in [0.29, 0.717) is 23.3 Å². The summed E-state index contributed by atoms with van der Waals surface area (Å²) in [7, 11) is 0. The number of benzene rings is 7. The second kappa shape index (κ2) is 14.0. The lowest BCUT2D eigenvalue weighted by Gasteiger charge is -2.11. The van der Waals surface area contributed by atoms with E-state index in [1.165, 1.54) is 15.8 Å². The standard InChI is InChI=1S/C49H31N5S/c1-4-15-32(16-5-1)35-21-12-22-36(29-35)37-23-13-25-39(30-37)48-50-43(45-44(51-48)41-27-10-11-28-42(41)55-45)38-24-14-26-40(31-38)49-53-46(33-17-6-2-7-18-33)52-47(54-49)34-19-8-3-9-20-34/h1-31H. The van der Waals surface area contributed by atoms with Crippen LogP contribution >= 0.6 is 11.3 Å². The predicted octanol–water partition coefficient (Wildman–Crippen LogP) is 12.7. The molecule has 0 saturated carbocycles. The summed E-state index contributed by atoms with van der Waals surface area (Å²) >= 11 is 1.72. The summed E-state index contributed by atoms with van der Waals surface area (Å²) < 4.78 is 2.21. The first-order valence-corrected chi connectivity index (χ1v) is 19.0. The fourth-order valence-electron chi connectivity index (χ4n) is 7.01. The van der Waals surface area contributed by atoms with Crippen molar-refractivity contribution in [3.05, 3.63) is 188 Å². The fraction of sp³-hybridized carbons (Fsp3) is 0. The van der Waals surface area contributed by atoms with Crippen molar-refractivity contribution in [3.8, 4) is 79.1 Å². The van der Waals surface area contributed by atoms with Gasteiger partial charge in [0.25, 0.3) is 0 Å². The smallest absolute Gasteiger partial charge is 0.164 e. The molecular formula is C49H31N5S. The Bertz CT molecular complexity index is 2920. The maximum absolute atomic E-state index is 5.35. The summed E-state index contributed by atoms with van der Waals surface area (Å²) in [6.07, 6.45) is 0. The zero-order valence-electron chi connectivity index (χ0n) is 29.5. The zero-order chi connectivity index (χ0) is 36.6. The first kappa shape index (κ1) is 32.5. The summed E-state index contributed by atoms with van der Waals surface area (Å²) in [5.41, 5.74) is 11.1. The van der Waals surface area contributed by atoms with Gasteiger partial charge in [-0.3, -0.25) is 0 Å². The van der Waals surface area contributed by atoms with Gasteiger partial charge >= 0.3 is 0 Å². The van der Waals surface area contributed by atoms with Gasteiger partial charge in [-0.15, -0.1) is 11.3 Å². The molecule has 0 amide bonds. The molecule has 0 atom stereocenters. The van der Waals surface area contributed by atoms with E-state index in [1.807, 2.05) is 66.7 Å². The molecule has 0 spiro atoms. The van der Waals surface area contributed by atoms with Crippen molar-refractivity contribution in [1.82, 2.24) is 24.9 Å². The van der Waals surface area contributed by atoms with Gasteiger partial charge in [-0.25, -0.2) is 24.9 Å². The van der Waals surface area contributed by atoms with Crippen molar-refractivity contribution in [2.45, 2.75) is 0 Å². The van der Waals surface area contributed by atoms with Crippen molar-refractivity contribution >= 4 is 31.6 Å². The monoisotopic (exact) mass is 721 g/mol. The van der Waals surface area contributed by atoms with Gasteiger partial charge in [-0.1, -0.05) is 164 Å². The third-order valence-electron chi connectivity index (χ3n) is 9.74. The number of aromatic nitrogens is 5. The van der Waals surface area contributed by atoms with E-state index in [1.54, 1.807) is 11.3 Å². The highest BCUT2D eigenvalue weighted by atomic mass is 32.1. The van der Waals surface area contributed by atoms with Crippen LogP contribution in [0.1, 0.15) is 0 Å². The molecular weight excluding hydrogens is 691 g/mol. The van der Waals surface area contributed by atoms with Crippen molar-refractivity contribution in [1.29, 1.82) is 0 Å². The first-order valence-electron chi connectivity index (χ1n) is 18.2. The summed E-state index contributed by atoms with van der Waals surface area (Å²) in [6.45, 7) is 0. The van der Waals surface area contributed by atoms with E-state index in [2.05, 4.69) is 121 Å². The molecule has 0 aliphatic heterocycles. The summed E-state index contributed by atoms with van der Waals surface area (Å²) in [5, 5.41) is 1.12. The third kappa shape index (κ3) is 6.35. The zero-order valence-corrected chi connectivity index (χ0v) is 30.4. The normalized spacial score (nSPS) is 11.3. The Morgan fingerprint density at radius 1 is 0.291 bits per heavy atom. The molecule has 0 aliphatic rings. The predicted molar refractivity (Wildman–Crippen MR) is 226 cm³/mol. The summed E-state index contributed by atoms with van der Waals surface area (Å²) in [6, 6.07) is 64.6. The van der Waals surface area contributed by atoms with Gasteiger partial charge in [0.05, 0.1) is 15.9 Å². The highest BCUT2D eigenvalue weighted by molar-refractivity contribution is 7.26. The van der Waals surface area contributed by atoms with E-state index in [9.17, 15) is 0 Å². The number of nitrogens with zero attached hydrogens (tertiary/aromatic N) is 5. The molecule has 3 heterocycles. The Labute approximate surface area is 322 Å². The van der Waals surface area contributed by atoms with E-state index in [-0.39, 0.29) is 0 Å². The minimum Gasteiger partial charge on any atom is -0.226 e. The molecule has 0 aliphatic carbocycles. The Hall–Kier alpha value is -7.15. The number of hydrogen-bond acceptors (Lipinski definition) is 6. The largest absolute Gasteiger partial charge is 0.226 e. The van der Waals surface area contributed by atoms with Crippen LogP contribution in [0, 0.1) is 0 Å². The van der Waals surface area contributed by atoms with Gasteiger partial charge < -0.3 is 0 Å². The number of thiophene rings is 1. The average molecular weight is 722 g/mol. The van der Waals surface area contributed by atoms with Gasteiger partial charge in [-0.2, -0.15) is 0 Å². The molecule has 0 saturated heterocycles. The summed E-state index contributed by atoms with van der Waals surface area (Å²) in [4.78, 5) is 25.5. The Morgan fingerprint density at radius 2 is 0.691 bits per heavy atom. The molecule has 10 aromatic rings. The van der Waals surface area contributed by atoms with Crippen molar-refractivity contribution < 1.29 is 0 Å². The first-order chi connectivity index (χ1) is 27.2. The minimum absolute atomic E-state index is 0.599. The lowest BCUT2D eigenvalue weighted by atomic mass is 9.98. The van der Waals surface area contributed by atoms with Gasteiger partial charge in [0.2, 0.25) is 0 Å². The molecule has 55 heavy (non-hydrogen) atoms. The maximum Gasteiger partial charge on any atom is 0.164 e. The van der Waals surface area contributed by atoms with E-state index >= 15 is 0 Å². The van der Waals surface area contributed by atoms with Crippen LogP contribution in [-0.4, -0.2) is 24.9 Å². The highest BCUT2D eigenvalue weighted by Gasteiger charge is 2.19. The molecule has 0 bridgehead atoms. The quantitative estimate of drug-likeness (QED) is 0.164. The molecule has 0 fully saturated rings. The number of hydrogen-bond donors (Lipinski definition) is 0. The van der Waals surface area contributed by atoms with Crippen molar-refractivity contribution in [2.75, 3.05) is 0 Å². The molecule has 6 heteroatoms. The van der Waals surface area contributed by atoms with Crippen LogP contribution in [0.5, 0.6) is 0 Å². The molecule has 3 aromatic heterocycles. The highest BCUT2D eigenvalue weighted by Crippen LogP contribution is 2.40. The van der Waals surface area contributed by atoms with Crippen molar-refractivity contribution in [3.63, 3.8) is 0 Å². The van der Waals surface area contributed by atoms with Crippen LogP contribution in [0.4, 0.5) is 0 Å². The van der Waals surface area contributed by atoms with Crippen LogP contribution in [0.25, 0.3) is 99.4 Å². The van der Waals surface area contributed by atoms with Gasteiger partial charge in [0.15, 0.2) is 23.3 Å². The molecule has 0 N–H and O–H groups in total. The average Bonchev–Trinajstić information content (AvgIpc) is 3.66. The Balaban J connectivity index is 1.11. The number of rotatable bonds is 7. The molecule has 10 rings (SSSR count). The minimum atomic E-state index is 0.599. The maximum atomic E-state index is 5.35. The van der Waals surface area contributed by atoms with Crippen molar-refractivity contribution in [2.24, 2.45) is 0 Å². The second-order valence-electron chi connectivity index (χ2n) is 13.3. The number of fused-ring (bicyclic) bond motifs is 3. The van der Waals surface area contributed by atoms with Gasteiger partial charge in [-0.05, 0) is 46.5 Å². The molecule has 5 nitrogen and oxygen atoms in total. The lowest BCUT2D eigenvalue weighted by Crippen LogP contribution is -2.00. The fourth-order valence-corrected chi connectivity index (χ4v) is 8.16. The molecule has 7 aromatic carbocycles. The van der Waals surface area contributed by atoms with Crippen LogP contribution in [0.15, 0.2) is 188 Å². The second-order valence-corrected chi connectivity index (χ2v) is 14.4. The van der Waals surface area contributed by atoms with Crippen LogP contribution < -0.4 is 0 Å². The SMILES string of the molecule is c1ccc(-c2cccc(-c3cccc(-c4nc(-c5cccc(-c6nc(-c7ccccc7)nc(-c7ccccc7)n6)c5)c5sc6ccccc6c5n4)c3)c2)cc1. The lowest BCUT2D eigenvalue weighted by molar-refractivity contribution is 1.07. The van der Waals surface area contributed by atoms with E-state index < -0.39 is 0 Å². The Morgan fingerprint density at radius 3 is 1.29 bits per heavy atom. The molecule has 0 unspecified atom stereocenters. The third-order valence-corrected chi connectivity index (χ3v) is 10.9.